The van der Waals surface area contributed by atoms with Crippen LogP contribution in [0.25, 0.3) is 6.08 Å². The van der Waals surface area contributed by atoms with E-state index in [0.717, 1.165) is 16.8 Å². The SMILES string of the molecule is Cc1ccc(N=C2NC(=O)/C(=C\c3ccc(O[C@H](C)C(=O)[O-])cc3)S2)cc1C. The highest BCUT2D eigenvalue weighted by molar-refractivity contribution is 8.18. The van der Waals surface area contributed by atoms with Gasteiger partial charge in [0.15, 0.2) is 5.17 Å². The summed E-state index contributed by atoms with van der Waals surface area (Å²) in [5.41, 5.74) is 3.91. The summed E-state index contributed by atoms with van der Waals surface area (Å²) < 4.78 is 5.24. The summed E-state index contributed by atoms with van der Waals surface area (Å²) in [6.45, 7) is 5.46. The number of carbonyl (C=O) groups excluding carboxylic acids is 2. The number of rotatable bonds is 5. The number of thioether (sulfide) groups is 1. The van der Waals surface area contributed by atoms with Crippen LogP contribution in [-0.4, -0.2) is 23.1 Å². The Morgan fingerprint density at radius 2 is 1.89 bits per heavy atom. The lowest BCUT2D eigenvalue weighted by Crippen LogP contribution is -2.37. The monoisotopic (exact) mass is 395 g/mol. The van der Waals surface area contributed by atoms with Crippen molar-refractivity contribution in [1.29, 1.82) is 0 Å². The maximum absolute atomic E-state index is 12.2. The number of amides is 1. The molecule has 1 heterocycles. The molecule has 0 bridgehead atoms. The number of ether oxygens (including phenoxy) is 1. The fourth-order valence-corrected chi connectivity index (χ4v) is 3.28. The summed E-state index contributed by atoms with van der Waals surface area (Å²) >= 11 is 1.27. The first-order valence-corrected chi connectivity index (χ1v) is 9.48. The normalized spacial score (nSPS) is 17.6. The first-order chi connectivity index (χ1) is 13.3. The quantitative estimate of drug-likeness (QED) is 0.786. The van der Waals surface area contributed by atoms with E-state index in [1.807, 2.05) is 32.0 Å². The number of nitrogens with one attached hydrogen (secondary N) is 1. The highest BCUT2D eigenvalue weighted by Gasteiger charge is 2.23. The van der Waals surface area contributed by atoms with Crippen LogP contribution < -0.4 is 15.2 Å². The van der Waals surface area contributed by atoms with Crippen molar-refractivity contribution in [1.82, 2.24) is 5.32 Å². The summed E-state index contributed by atoms with van der Waals surface area (Å²) in [5.74, 6) is -1.07. The van der Waals surface area contributed by atoms with E-state index in [9.17, 15) is 14.7 Å². The van der Waals surface area contributed by atoms with Crippen molar-refractivity contribution in [3.63, 3.8) is 0 Å². The van der Waals surface area contributed by atoms with Gasteiger partial charge in [-0.2, -0.15) is 0 Å². The van der Waals surface area contributed by atoms with E-state index in [4.69, 9.17) is 4.74 Å². The van der Waals surface area contributed by atoms with Crippen molar-refractivity contribution >= 4 is 40.6 Å². The molecule has 28 heavy (non-hydrogen) atoms. The van der Waals surface area contributed by atoms with E-state index in [2.05, 4.69) is 10.3 Å². The Bertz CT molecular complexity index is 980. The number of aryl methyl sites for hydroxylation is 2. The zero-order valence-electron chi connectivity index (χ0n) is 15.7. The van der Waals surface area contributed by atoms with Gasteiger partial charge in [-0.25, -0.2) is 4.99 Å². The number of carbonyl (C=O) groups is 2. The predicted molar refractivity (Wildman–Crippen MR) is 108 cm³/mol. The van der Waals surface area contributed by atoms with Crippen molar-refractivity contribution < 1.29 is 19.4 Å². The van der Waals surface area contributed by atoms with Crippen LogP contribution in [0.15, 0.2) is 52.4 Å². The molecule has 3 rings (SSSR count). The number of carboxylic acid groups (broad SMARTS) is 1. The van der Waals surface area contributed by atoms with Crippen molar-refractivity contribution in [2.75, 3.05) is 0 Å². The number of carboxylic acids is 1. The lowest BCUT2D eigenvalue weighted by atomic mass is 10.1. The molecule has 0 aromatic heterocycles. The van der Waals surface area contributed by atoms with E-state index >= 15 is 0 Å². The predicted octanol–water partition coefficient (Wildman–Crippen LogP) is 2.71. The van der Waals surface area contributed by atoms with E-state index in [1.54, 1.807) is 30.3 Å². The molecule has 0 aliphatic carbocycles. The van der Waals surface area contributed by atoms with Gasteiger partial charge < -0.3 is 20.0 Å². The highest BCUT2D eigenvalue weighted by atomic mass is 32.2. The Hall–Kier alpha value is -3.06. The molecule has 1 N–H and O–H groups in total. The maximum Gasteiger partial charge on any atom is 0.264 e. The van der Waals surface area contributed by atoms with Crippen LogP contribution in [0.1, 0.15) is 23.6 Å². The molecule has 7 heteroatoms. The van der Waals surface area contributed by atoms with Gasteiger partial charge in [-0.15, -0.1) is 0 Å². The second-order valence-electron chi connectivity index (χ2n) is 6.40. The van der Waals surface area contributed by atoms with Gasteiger partial charge in [-0.1, -0.05) is 18.2 Å². The van der Waals surface area contributed by atoms with E-state index in [0.29, 0.717) is 15.8 Å². The van der Waals surface area contributed by atoms with Gasteiger partial charge in [-0.3, -0.25) is 4.79 Å². The van der Waals surface area contributed by atoms with Gasteiger partial charge in [0, 0.05) is 0 Å². The number of benzene rings is 2. The number of nitrogens with zero attached hydrogens (tertiary/aromatic N) is 1. The van der Waals surface area contributed by atoms with Crippen LogP contribution in [0.2, 0.25) is 0 Å². The molecule has 1 fully saturated rings. The molecular weight excluding hydrogens is 376 g/mol. The minimum Gasteiger partial charge on any atom is -0.546 e. The molecule has 1 saturated heterocycles. The summed E-state index contributed by atoms with van der Waals surface area (Å²) in [7, 11) is 0. The Morgan fingerprint density at radius 1 is 1.18 bits per heavy atom. The fraction of sp³-hybridized carbons (Fsp3) is 0.190. The molecule has 144 valence electrons. The molecule has 2 aromatic rings. The number of hydrogen-bond donors (Lipinski definition) is 1. The lowest BCUT2D eigenvalue weighted by Gasteiger charge is -2.15. The van der Waals surface area contributed by atoms with Crippen LogP contribution in [0.4, 0.5) is 5.69 Å². The summed E-state index contributed by atoms with van der Waals surface area (Å²) in [6.07, 6.45) is 0.707. The summed E-state index contributed by atoms with van der Waals surface area (Å²) in [4.78, 5) is 28.0. The molecule has 1 aliphatic heterocycles. The van der Waals surface area contributed by atoms with Crippen LogP contribution in [0.5, 0.6) is 5.75 Å². The molecule has 0 saturated carbocycles. The lowest BCUT2D eigenvalue weighted by molar-refractivity contribution is -0.312. The Balaban J connectivity index is 1.72. The highest BCUT2D eigenvalue weighted by Crippen LogP contribution is 2.29. The van der Waals surface area contributed by atoms with Crippen LogP contribution in [0.3, 0.4) is 0 Å². The third kappa shape index (κ3) is 4.80. The zero-order valence-corrected chi connectivity index (χ0v) is 16.5. The van der Waals surface area contributed by atoms with Gasteiger partial charge in [0.05, 0.1) is 16.6 Å². The molecule has 0 radical (unpaired) electrons. The topological polar surface area (TPSA) is 90.8 Å². The Morgan fingerprint density at radius 3 is 2.54 bits per heavy atom. The molecule has 0 spiro atoms. The van der Waals surface area contributed by atoms with Crippen molar-refractivity contribution in [3.05, 3.63) is 64.1 Å². The smallest absolute Gasteiger partial charge is 0.264 e. The van der Waals surface area contributed by atoms with Gasteiger partial charge in [0.25, 0.3) is 5.91 Å². The molecule has 1 aliphatic rings. The van der Waals surface area contributed by atoms with Gasteiger partial charge in [0.2, 0.25) is 0 Å². The van der Waals surface area contributed by atoms with Gasteiger partial charge in [0.1, 0.15) is 11.9 Å². The number of amidine groups is 1. The maximum atomic E-state index is 12.2. The Kier molecular flexibility index (Phi) is 5.84. The molecule has 2 aromatic carbocycles. The number of hydrogen-bond acceptors (Lipinski definition) is 6. The van der Waals surface area contributed by atoms with E-state index in [1.165, 1.54) is 24.2 Å². The second-order valence-corrected chi connectivity index (χ2v) is 7.43. The van der Waals surface area contributed by atoms with Gasteiger partial charge in [-0.05, 0) is 79.6 Å². The zero-order chi connectivity index (χ0) is 20.3. The number of aliphatic carboxylic acids is 1. The number of aliphatic imine (C=N–C) groups is 1. The molecular formula is C21H19N2O4S-. The van der Waals surface area contributed by atoms with Crippen molar-refractivity contribution in [2.45, 2.75) is 26.9 Å². The van der Waals surface area contributed by atoms with Crippen LogP contribution in [-0.2, 0) is 9.59 Å². The standard InChI is InChI=1S/C21H20N2O4S/c1-12-4-7-16(10-13(12)2)22-21-23-19(24)18(28-21)11-15-5-8-17(9-6-15)27-14(3)20(25)26/h4-11,14H,1-3H3,(H,25,26)(H,22,23,24)/p-1/b18-11+/t14-/m1/s1. The second kappa shape index (κ2) is 8.31. The molecule has 0 unspecified atom stereocenters. The third-order valence-electron chi connectivity index (χ3n) is 4.19. The fourth-order valence-electron chi connectivity index (χ4n) is 2.44. The average molecular weight is 395 g/mol. The largest absolute Gasteiger partial charge is 0.546 e. The van der Waals surface area contributed by atoms with Crippen LogP contribution in [0, 0.1) is 13.8 Å². The van der Waals surface area contributed by atoms with Crippen molar-refractivity contribution in [2.24, 2.45) is 4.99 Å². The summed E-state index contributed by atoms with van der Waals surface area (Å²) in [6, 6.07) is 12.7. The van der Waals surface area contributed by atoms with Crippen molar-refractivity contribution in [3.8, 4) is 5.75 Å². The minimum absolute atomic E-state index is 0.210. The Labute approximate surface area is 167 Å². The average Bonchev–Trinajstić information content (AvgIpc) is 2.98. The minimum atomic E-state index is -1.28. The molecule has 1 atom stereocenters. The van der Waals surface area contributed by atoms with Crippen LogP contribution >= 0.6 is 11.8 Å². The van der Waals surface area contributed by atoms with Gasteiger partial charge >= 0.3 is 0 Å². The van der Waals surface area contributed by atoms with E-state index < -0.39 is 12.1 Å². The first-order valence-electron chi connectivity index (χ1n) is 8.66. The molecule has 1 amide bonds. The molecule has 6 nitrogen and oxygen atoms in total. The van der Waals surface area contributed by atoms with E-state index in [-0.39, 0.29) is 5.91 Å². The summed E-state index contributed by atoms with van der Waals surface area (Å²) in [5, 5.41) is 14.0. The third-order valence-corrected chi connectivity index (χ3v) is 5.10. The first kappa shape index (κ1) is 19.7.